The largest absolute Gasteiger partial charge is 0.354 e. The predicted molar refractivity (Wildman–Crippen MR) is 119 cm³/mol. The molecule has 0 bridgehead atoms. The summed E-state index contributed by atoms with van der Waals surface area (Å²) in [5.74, 6) is 0.00805. The van der Waals surface area contributed by atoms with Gasteiger partial charge < -0.3 is 9.88 Å². The Morgan fingerprint density at radius 2 is 1.83 bits per heavy atom. The lowest BCUT2D eigenvalue weighted by Crippen LogP contribution is -2.29. The van der Waals surface area contributed by atoms with E-state index in [9.17, 15) is 4.79 Å². The van der Waals surface area contributed by atoms with Crippen LogP contribution in [0, 0.1) is 6.92 Å². The molecule has 0 spiro atoms. The molecule has 0 atom stereocenters. The Labute approximate surface area is 174 Å². The normalized spacial score (nSPS) is 10.8. The van der Waals surface area contributed by atoms with E-state index in [1.54, 1.807) is 11.3 Å². The van der Waals surface area contributed by atoms with Gasteiger partial charge in [-0.15, -0.1) is 11.3 Å². The molecular weight excluding hydrogens is 378 g/mol. The maximum absolute atomic E-state index is 12.4. The van der Waals surface area contributed by atoms with Gasteiger partial charge in [0.2, 0.25) is 5.91 Å². The highest BCUT2D eigenvalue weighted by atomic mass is 32.1. The van der Waals surface area contributed by atoms with E-state index in [1.807, 2.05) is 41.1 Å². The standard InChI is InChI=1S/C24H23N3OS/c1-18-9-11-20(12-10-18)21-17-29-24(26-21)22-8-5-15-27(22)16-23(28)25-14-13-19-6-3-2-4-7-19/h2-12,15,17H,13-14,16H2,1H3,(H,25,28). The van der Waals surface area contributed by atoms with E-state index in [0.717, 1.165) is 28.4 Å². The lowest BCUT2D eigenvalue weighted by atomic mass is 10.1. The van der Waals surface area contributed by atoms with Crippen LogP contribution < -0.4 is 5.32 Å². The number of nitrogens with one attached hydrogen (secondary N) is 1. The fourth-order valence-electron chi connectivity index (χ4n) is 3.20. The summed E-state index contributed by atoms with van der Waals surface area (Å²) in [6, 6.07) is 22.5. The number of hydrogen-bond acceptors (Lipinski definition) is 3. The minimum atomic E-state index is 0.00805. The lowest BCUT2D eigenvalue weighted by Gasteiger charge is -2.09. The van der Waals surface area contributed by atoms with Crippen molar-refractivity contribution in [1.29, 1.82) is 0 Å². The Balaban J connectivity index is 1.39. The molecule has 4 nitrogen and oxygen atoms in total. The zero-order valence-electron chi connectivity index (χ0n) is 16.3. The van der Waals surface area contributed by atoms with Gasteiger partial charge in [0.05, 0.1) is 11.4 Å². The average Bonchev–Trinajstić information content (AvgIpc) is 3.39. The molecule has 29 heavy (non-hydrogen) atoms. The second kappa shape index (κ2) is 8.88. The molecule has 4 rings (SSSR count). The van der Waals surface area contributed by atoms with Crippen molar-refractivity contribution >= 4 is 17.2 Å². The third-order valence-corrected chi connectivity index (χ3v) is 5.66. The quantitative estimate of drug-likeness (QED) is 0.476. The van der Waals surface area contributed by atoms with E-state index >= 15 is 0 Å². The first kappa shape index (κ1) is 19.2. The first-order chi connectivity index (χ1) is 14.2. The molecule has 0 saturated heterocycles. The van der Waals surface area contributed by atoms with Crippen LogP contribution in [-0.2, 0) is 17.8 Å². The van der Waals surface area contributed by atoms with Gasteiger partial charge in [-0.1, -0.05) is 60.2 Å². The Kier molecular flexibility index (Phi) is 5.86. The van der Waals surface area contributed by atoms with E-state index in [0.29, 0.717) is 6.54 Å². The molecule has 5 heteroatoms. The van der Waals surface area contributed by atoms with Crippen LogP contribution in [0.2, 0.25) is 0 Å². The van der Waals surface area contributed by atoms with Gasteiger partial charge in [0.1, 0.15) is 11.6 Å². The van der Waals surface area contributed by atoms with Crippen molar-refractivity contribution in [3.8, 4) is 22.0 Å². The fourth-order valence-corrected chi connectivity index (χ4v) is 4.07. The average molecular weight is 402 g/mol. The van der Waals surface area contributed by atoms with Crippen LogP contribution >= 0.6 is 11.3 Å². The number of benzene rings is 2. The summed E-state index contributed by atoms with van der Waals surface area (Å²) in [6.45, 7) is 3.00. The van der Waals surface area contributed by atoms with Crippen LogP contribution in [0.3, 0.4) is 0 Å². The number of amides is 1. The third kappa shape index (κ3) is 4.81. The number of hydrogen-bond donors (Lipinski definition) is 1. The molecule has 0 fully saturated rings. The summed E-state index contributed by atoms with van der Waals surface area (Å²) >= 11 is 1.60. The summed E-state index contributed by atoms with van der Waals surface area (Å²) in [6.07, 6.45) is 2.76. The van der Waals surface area contributed by atoms with Gasteiger partial charge in [-0.3, -0.25) is 4.79 Å². The van der Waals surface area contributed by atoms with Crippen molar-refractivity contribution in [1.82, 2.24) is 14.9 Å². The number of aromatic nitrogens is 2. The van der Waals surface area contributed by atoms with Crippen LogP contribution in [0.1, 0.15) is 11.1 Å². The smallest absolute Gasteiger partial charge is 0.239 e. The molecule has 0 aliphatic carbocycles. The SMILES string of the molecule is Cc1ccc(-c2csc(-c3cccn3CC(=O)NCCc3ccccc3)n2)cc1. The highest BCUT2D eigenvalue weighted by Gasteiger charge is 2.12. The summed E-state index contributed by atoms with van der Waals surface area (Å²) in [4.78, 5) is 17.2. The molecular formula is C24H23N3OS. The van der Waals surface area contributed by atoms with Crippen molar-refractivity contribution in [2.24, 2.45) is 0 Å². The second-order valence-corrected chi connectivity index (χ2v) is 7.87. The molecule has 0 aliphatic rings. The van der Waals surface area contributed by atoms with Crippen molar-refractivity contribution in [3.63, 3.8) is 0 Å². The third-order valence-electron chi connectivity index (χ3n) is 4.79. The molecule has 2 aromatic heterocycles. The van der Waals surface area contributed by atoms with Gasteiger partial charge in [0.15, 0.2) is 0 Å². The lowest BCUT2D eigenvalue weighted by molar-refractivity contribution is -0.121. The molecule has 0 radical (unpaired) electrons. The van der Waals surface area contributed by atoms with Crippen LogP contribution in [0.5, 0.6) is 0 Å². The summed E-state index contributed by atoms with van der Waals surface area (Å²) in [5.41, 5.74) is 5.49. The number of rotatable bonds is 7. The molecule has 1 N–H and O–H groups in total. The first-order valence-corrected chi connectivity index (χ1v) is 10.6. The summed E-state index contributed by atoms with van der Waals surface area (Å²) in [5, 5.41) is 5.99. The van der Waals surface area contributed by atoms with Gasteiger partial charge in [0.25, 0.3) is 0 Å². The molecule has 0 unspecified atom stereocenters. The predicted octanol–water partition coefficient (Wildman–Crippen LogP) is 4.95. The highest BCUT2D eigenvalue weighted by Crippen LogP contribution is 2.29. The maximum Gasteiger partial charge on any atom is 0.239 e. The van der Waals surface area contributed by atoms with Crippen molar-refractivity contribution < 1.29 is 4.79 Å². The fraction of sp³-hybridized carbons (Fsp3) is 0.167. The Morgan fingerprint density at radius 3 is 2.62 bits per heavy atom. The zero-order valence-corrected chi connectivity index (χ0v) is 17.2. The van der Waals surface area contributed by atoms with Crippen LogP contribution in [0.15, 0.2) is 78.3 Å². The molecule has 0 aliphatic heterocycles. The Morgan fingerprint density at radius 1 is 1.03 bits per heavy atom. The number of thiazole rings is 1. The van der Waals surface area contributed by atoms with E-state index in [4.69, 9.17) is 4.98 Å². The molecule has 2 aromatic carbocycles. The van der Waals surface area contributed by atoms with E-state index in [-0.39, 0.29) is 12.5 Å². The molecule has 146 valence electrons. The van der Waals surface area contributed by atoms with Crippen molar-refractivity contribution in [3.05, 3.63) is 89.4 Å². The number of carbonyl (C=O) groups is 1. The van der Waals surface area contributed by atoms with Crippen LogP contribution in [-0.4, -0.2) is 22.0 Å². The van der Waals surface area contributed by atoms with Crippen molar-refractivity contribution in [2.75, 3.05) is 6.54 Å². The van der Waals surface area contributed by atoms with Gasteiger partial charge >= 0.3 is 0 Å². The Hall–Kier alpha value is -3.18. The van der Waals surface area contributed by atoms with Gasteiger partial charge in [-0.05, 0) is 31.0 Å². The number of aryl methyl sites for hydroxylation is 1. The van der Waals surface area contributed by atoms with Crippen LogP contribution in [0.4, 0.5) is 0 Å². The van der Waals surface area contributed by atoms with E-state index < -0.39 is 0 Å². The van der Waals surface area contributed by atoms with Crippen molar-refractivity contribution in [2.45, 2.75) is 19.9 Å². The monoisotopic (exact) mass is 401 g/mol. The van der Waals surface area contributed by atoms with Gasteiger partial charge in [0, 0.05) is 23.7 Å². The maximum atomic E-state index is 12.4. The molecule has 4 aromatic rings. The highest BCUT2D eigenvalue weighted by molar-refractivity contribution is 7.13. The van der Waals surface area contributed by atoms with Crippen LogP contribution in [0.25, 0.3) is 22.0 Å². The minimum Gasteiger partial charge on any atom is -0.354 e. The van der Waals surface area contributed by atoms with E-state index in [2.05, 4.69) is 54.0 Å². The second-order valence-electron chi connectivity index (χ2n) is 7.01. The van der Waals surface area contributed by atoms with E-state index in [1.165, 1.54) is 11.1 Å². The molecule has 2 heterocycles. The zero-order chi connectivity index (χ0) is 20.1. The summed E-state index contributed by atoms with van der Waals surface area (Å²) < 4.78 is 1.95. The number of nitrogens with zero attached hydrogens (tertiary/aromatic N) is 2. The van der Waals surface area contributed by atoms with Gasteiger partial charge in [-0.2, -0.15) is 0 Å². The topological polar surface area (TPSA) is 46.9 Å². The van der Waals surface area contributed by atoms with Gasteiger partial charge in [-0.25, -0.2) is 4.98 Å². The number of carbonyl (C=O) groups excluding carboxylic acids is 1. The molecule has 0 saturated carbocycles. The molecule has 1 amide bonds. The summed E-state index contributed by atoms with van der Waals surface area (Å²) in [7, 11) is 0. The first-order valence-electron chi connectivity index (χ1n) is 9.68. The minimum absolute atomic E-state index is 0.00805. The Bertz CT molecular complexity index is 1080.